The predicted molar refractivity (Wildman–Crippen MR) is 199 cm³/mol. The molecule has 5 rings (SSSR count). The van der Waals surface area contributed by atoms with Gasteiger partial charge in [-0.05, 0) is 60.2 Å². The van der Waals surface area contributed by atoms with E-state index in [9.17, 15) is 4.39 Å². The summed E-state index contributed by atoms with van der Waals surface area (Å²) in [6.07, 6.45) is 0.297. The number of ether oxygens (including phenoxy) is 1. The minimum Gasteiger partial charge on any atom is -0.408 e. The van der Waals surface area contributed by atoms with Crippen LogP contribution >= 0.6 is 29.9 Å². The Morgan fingerprint density at radius 3 is 2.27 bits per heavy atom. The van der Waals surface area contributed by atoms with Gasteiger partial charge in [0.15, 0.2) is 34.3 Å². The molecular formula is C31H47Cl2FN5O6PSSi2. The van der Waals surface area contributed by atoms with E-state index in [0.717, 1.165) is 0 Å². The van der Waals surface area contributed by atoms with E-state index in [1.807, 2.05) is 4.57 Å². The number of anilines is 1. The molecule has 272 valence electrons. The van der Waals surface area contributed by atoms with E-state index in [4.69, 9.17) is 67.9 Å². The average molecular weight is 795 g/mol. The first-order valence-electron chi connectivity index (χ1n) is 16.2. The SMILES string of the molecule is CC(C)(C)[Si](C)(C)O[C@@H]1[C@H](O[Si](C)(C)C(C)(C)C)[C@@H](COP2(=S)OCCC(c3cc(F)c(Cl)cc3Cl)O2)O[C@H]1n1cnc2c(N)ncnc21. The highest BCUT2D eigenvalue weighted by Crippen LogP contribution is 2.58. The molecule has 2 saturated heterocycles. The summed E-state index contributed by atoms with van der Waals surface area (Å²) in [6, 6.07) is 2.62. The second-order valence-electron chi connectivity index (χ2n) is 15.6. The van der Waals surface area contributed by atoms with Gasteiger partial charge in [-0.1, -0.05) is 64.7 Å². The summed E-state index contributed by atoms with van der Waals surface area (Å²) in [4.78, 5) is 13.1. The molecule has 49 heavy (non-hydrogen) atoms. The van der Waals surface area contributed by atoms with Gasteiger partial charge >= 0.3 is 6.72 Å². The minimum absolute atomic E-state index is 0.0242. The fourth-order valence-electron chi connectivity index (χ4n) is 5.16. The van der Waals surface area contributed by atoms with Crippen LogP contribution in [0.5, 0.6) is 0 Å². The van der Waals surface area contributed by atoms with Crippen molar-refractivity contribution in [2.45, 2.75) is 115 Å². The lowest BCUT2D eigenvalue weighted by atomic mass is 10.1. The lowest BCUT2D eigenvalue weighted by molar-refractivity contribution is -0.0515. The summed E-state index contributed by atoms with van der Waals surface area (Å²) in [6.45, 7) is 18.8. The highest BCUT2D eigenvalue weighted by atomic mass is 35.5. The molecule has 3 aromatic rings. The van der Waals surface area contributed by atoms with Crippen LogP contribution in [0.1, 0.15) is 65.9 Å². The molecule has 2 unspecified atom stereocenters. The molecule has 1 aromatic carbocycles. The number of nitrogens with zero attached hydrogens (tertiary/aromatic N) is 4. The Kier molecular flexibility index (Phi) is 11.2. The van der Waals surface area contributed by atoms with E-state index in [1.54, 1.807) is 6.33 Å². The first kappa shape index (κ1) is 39.1. The normalized spacial score (nSPS) is 27.2. The second kappa shape index (κ2) is 14.1. The van der Waals surface area contributed by atoms with Gasteiger partial charge in [0.05, 0.1) is 30.7 Å². The number of aromatic nitrogens is 4. The highest BCUT2D eigenvalue weighted by Gasteiger charge is 2.55. The summed E-state index contributed by atoms with van der Waals surface area (Å²) in [7, 11) is -4.84. The number of imidazole rings is 1. The topological polar surface area (TPSA) is 125 Å². The minimum atomic E-state index is -3.35. The monoisotopic (exact) mass is 793 g/mol. The molecule has 0 spiro atoms. The number of halogens is 3. The van der Waals surface area contributed by atoms with E-state index in [0.29, 0.717) is 23.1 Å². The van der Waals surface area contributed by atoms with E-state index >= 15 is 0 Å². The second-order valence-corrected chi connectivity index (χ2v) is 28.9. The first-order valence-corrected chi connectivity index (χ1v) is 25.3. The molecule has 0 bridgehead atoms. The fourth-order valence-corrected chi connectivity index (χ4v) is 10.4. The fraction of sp³-hybridized carbons (Fsp3) is 0.645. The maximum Gasteiger partial charge on any atom is 0.327 e. The summed E-state index contributed by atoms with van der Waals surface area (Å²) in [5.41, 5.74) is 7.56. The van der Waals surface area contributed by atoms with E-state index in [-0.39, 0.29) is 39.2 Å². The zero-order valence-corrected chi connectivity index (χ0v) is 34.8. The highest BCUT2D eigenvalue weighted by molar-refractivity contribution is 8.07. The summed E-state index contributed by atoms with van der Waals surface area (Å²) in [5, 5.41) is -0.0445. The first-order chi connectivity index (χ1) is 22.5. The van der Waals surface area contributed by atoms with Crippen molar-refractivity contribution in [2.75, 3.05) is 18.9 Å². The average Bonchev–Trinajstić information content (AvgIpc) is 3.54. The summed E-state index contributed by atoms with van der Waals surface area (Å²) >= 11 is 18.2. The van der Waals surface area contributed by atoms with Crippen molar-refractivity contribution in [1.82, 2.24) is 19.5 Å². The van der Waals surface area contributed by atoms with Gasteiger partial charge in [-0.2, -0.15) is 0 Å². The number of fused-ring (bicyclic) bond motifs is 1. The Hall–Kier alpha value is -1.08. The van der Waals surface area contributed by atoms with E-state index in [1.165, 1.54) is 18.5 Å². The smallest absolute Gasteiger partial charge is 0.327 e. The third kappa shape index (κ3) is 8.13. The van der Waals surface area contributed by atoms with Gasteiger partial charge in [-0.25, -0.2) is 19.3 Å². The molecule has 2 aliphatic heterocycles. The maximum absolute atomic E-state index is 14.4. The van der Waals surface area contributed by atoms with Gasteiger partial charge < -0.3 is 32.9 Å². The lowest BCUT2D eigenvalue weighted by Gasteiger charge is -2.44. The molecule has 11 nitrogen and oxygen atoms in total. The summed E-state index contributed by atoms with van der Waals surface area (Å²) in [5.74, 6) is -0.342. The van der Waals surface area contributed by atoms with Crippen LogP contribution in [0.15, 0.2) is 24.8 Å². The van der Waals surface area contributed by atoms with Crippen LogP contribution in [0.4, 0.5) is 10.2 Å². The van der Waals surface area contributed by atoms with Crippen molar-refractivity contribution in [3.05, 3.63) is 46.2 Å². The molecule has 0 aliphatic carbocycles. The third-order valence-electron chi connectivity index (χ3n) is 10.1. The van der Waals surface area contributed by atoms with Crippen molar-refractivity contribution in [1.29, 1.82) is 0 Å². The zero-order valence-electron chi connectivity index (χ0n) is 29.6. The van der Waals surface area contributed by atoms with Crippen molar-refractivity contribution in [3.8, 4) is 0 Å². The van der Waals surface area contributed by atoms with Gasteiger partial charge in [0.2, 0.25) is 0 Å². The Morgan fingerprint density at radius 1 is 1.00 bits per heavy atom. The molecule has 2 aromatic heterocycles. The summed E-state index contributed by atoms with van der Waals surface area (Å²) < 4.78 is 56.0. The van der Waals surface area contributed by atoms with Crippen molar-refractivity contribution in [3.63, 3.8) is 0 Å². The standard InChI is InChI=1S/C31H47Cl2FN5O6PSSi2/c1-30(2,3)48(7,8)44-25-23(15-41-46(47)40-12-11-22(43-46)18-13-21(34)20(33)14-19(18)32)42-29(26(25)45-49(9,10)31(4,5)6)39-17-38-24-27(35)36-16-37-28(24)39/h13-14,16-17,22-23,25-26,29H,11-12,15H2,1-10H3,(H2,35,36,37)/t22?,23-,25-,26-,29-,46?/m1/s1. The van der Waals surface area contributed by atoms with Crippen LogP contribution in [0.3, 0.4) is 0 Å². The van der Waals surface area contributed by atoms with Gasteiger partial charge in [0.1, 0.15) is 36.0 Å². The number of hydrogen-bond acceptors (Lipinski definition) is 11. The molecule has 2 fully saturated rings. The van der Waals surface area contributed by atoms with Crippen LogP contribution in [0, 0.1) is 5.82 Å². The van der Waals surface area contributed by atoms with Crippen molar-refractivity contribution < 1.29 is 31.6 Å². The van der Waals surface area contributed by atoms with Crippen molar-refractivity contribution >= 4 is 75.3 Å². The Bertz CT molecular complexity index is 1740. The predicted octanol–water partition coefficient (Wildman–Crippen LogP) is 8.95. The molecule has 18 heteroatoms. The quantitative estimate of drug-likeness (QED) is 0.127. The van der Waals surface area contributed by atoms with Gasteiger partial charge in [0.25, 0.3) is 0 Å². The number of benzene rings is 1. The maximum atomic E-state index is 14.4. The van der Waals surface area contributed by atoms with Crippen LogP contribution in [-0.4, -0.2) is 67.7 Å². The molecule has 2 N–H and O–H groups in total. The molecule has 0 radical (unpaired) electrons. The zero-order chi connectivity index (χ0) is 36.3. The number of nitrogens with two attached hydrogens (primary N) is 1. The Balaban J connectivity index is 1.51. The number of rotatable bonds is 9. The van der Waals surface area contributed by atoms with Gasteiger partial charge in [-0.3, -0.25) is 4.57 Å². The van der Waals surface area contributed by atoms with Crippen LogP contribution in [0.25, 0.3) is 11.2 Å². The van der Waals surface area contributed by atoms with Crippen LogP contribution in [0.2, 0.25) is 46.3 Å². The Labute approximate surface area is 305 Å². The largest absolute Gasteiger partial charge is 0.408 e. The van der Waals surface area contributed by atoms with Crippen LogP contribution in [-0.2, 0) is 39.0 Å². The number of nitrogen functional groups attached to an aromatic ring is 1. The Morgan fingerprint density at radius 2 is 1.63 bits per heavy atom. The van der Waals surface area contributed by atoms with Crippen LogP contribution < -0.4 is 5.73 Å². The van der Waals surface area contributed by atoms with Gasteiger partial charge in [0, 0.05) is 17.0 Å². The molecule has 0 amide bonds. The van der Waals surface area contributed by atoms with E-state index in [2.05, 4.69) is 82.7 Å². The molecular weight excluding hydrogens is 747 g/mol. The third-order valence-corrected chi connectivity index (χ3v) is 22.0. The number of hydrogen-bond donors (Lipinski definition) is 1. The van der Waals surface area contributed by atoms with Gasteiger partial charge in [-0.15, -0.1) is 0 Å². The molecule has 2 aliphatic rings. The van der Waals surface area contributed by atoms with Crippen molar-refractivity contribution in [2.24, 2.45) is 0 Å². The lowest BCUT2D eigenvalue weighted by Crippen LogP contribution is -2.54. The van der Waals surface area contributed by atoms with E-state index < -0.39 is 59.8 Å². The molecule has 0 saturated carbocycles. The molecule has 4 heterocycles. The molecule has 6 atom stereocenters.